The lowest BCUT2D eigenvalue weighted by Gasteiger charge is -2.21. The molecule has 1 unspecified atom stereocenters. The maximum atomic E-state index is 6.27. The molecular weight excluding hydrogens is 250 g/mol. The van der Waals surface area contributed by atoms with Gasteiger partial charge in [-0.05, 0) is 18.8 Å². The van der Waals surface area contributed by atoms with Crippen molar-refractivity contribution in [2.24, 2.45) is 5.41 Å². The SMILES string of the molecule is CCOc1ccnc(NCC(Cl)CC(C)(C)C)n1. The number of ether oxygens (including phenoxy) is 1. The molecule has 0 saturated heterocycles. The van der Waals surface area contributed by atoms with Gasteiger partial charge in [-0.25, -0.2) is 4.98 Å². The number of anilines is 1. The summed E-state index contributed by atoms with van der Waals surface area (Å²) in [4.78, 5) is 8.36. The highest BCUT2D eigenvalue weighted by Crippen LogP contribution is 2.23. The predicted molar refractivity (Wildman–Crippen MR) is 75.4 cm³/mol. The summed E-state index contributed by atoms with van der Waals surface area (Å²) in [5.74, 6) is 1.14. The van der Waals surface area contributed by atoms with Gasteiger partial charge in [-0.2, -0.15) is 4.98 Å². The molecule has 0 amide bonds. The number of nitrogens with one attached hydrogen (secondary N) is 1. The van der Waals surface area contributed by atoms with Gasteiger partial charge in [-0.3, -0.25) is 0 Å². The smallest absolute Gasteiger partial charge is 0.225 e. The second-order valence-corrected chi connectivity index (χ2v) is 6.01. The van der Waals surface area contributed by atoms with E-state index in [2.05, 4.69) is 36.1 Å². The summed E-state index contributed by atoms with van der Waals surface area (Å²) in [5.41, 5.74) is 0.224. The van der Waals surface area contributed by atoms with Crippen LogP contribution in [0.15, 0.2) is 12.3 Å². The van der Waals surface area contributed by atoms with Crippen LogP contribution in [0.4, 0.5) is 5.95 Å². The topological polar surface area (TPSA) is 47.0 Å². The minimum Gasteiger partial charge on any atom is -0.478 e. The highest BCUT2D eigenvalue weighted by molar-refractivity contribution is 6.20. The van der Waals surface area contributed by atoms with Gasteiger partial charge in [0.05, 0.1) is 12.0 Å². The highest BCUT2D eigenvalue weighted by Gasteiger charge is 2.16. The van der Waals surface area contributed by atoms with Gasteiger partial charge in [0, 0.05) is 18.8 Å². The van der Waals surface area contributed by atoms with Crippen LogP contribution < -0.4 is 10.1 Å². The second-order valence-electron chi connectivity index (χ2n) is 5.39. The summed E-state index contributed by atoms with van der Waals surface area (Å²) in [6.07, 6.45) is 2.61. The minimum atomic E-state index is 0.0596. The summed E-state index contributed by atoms with van der Waals surface area (Å²) in [7, 11) is 0. The van der Waals surface area contributed by atoms with Crippen LogP contribution in [-0.2, 0) is 0 Å². The molecule has 1 rings (SSSR count). The fourth-order valence-corrected chi connectivity index (χ4v) is 2.13. The number of halogens is 1. The van der Waals surface area contributed by atoms with Crippen molar-refractivity contribution in [1.82, 2.24) is 9.97 Å². The zero-order chi connectivity index (χ0) is 13.6. The van der Waals surface area contributed by atoms with E-state index in [1.165, 1.54) is 0 Å². The van der Waals surface area contributed by atoms with E-state index in [0.29, 0.717) is 25.0 Å². The van der Waals surface area contributed by atoms with Crippen LogP contribution in [0.25, 0.3) is 0 Å². The fourth-order valence-electron chi connectivity index (χ4n) is 1.59. The van der Waals surface area contributed by atoms with Crippen LogP contribution in [0.2, 0.25) is 0 Å². The van der Waals surface area contributed by atoms with Crippen molar-refractivity contribution in [3.8, 4) is 5.88 Å². The van der Waals surface area contributed by atoms with Crippen LogP contribution in [0.5, 0.6) is 5.88 Å². The summed E-state index contributed by atoms with van der Waals surface area (Å²) in [6.45, 7) is 9.69. The van der Waals surface area contributed by atoms with Crippen LogP contribution >= 0.6 is 11.6 Å². The Hall–Kier alpha value is -1.03. The zero-order valence-corrected chi connectivity index (χ0v) is 12.3. The van der Waals surface area contributed by atoms with Gasteiger partial charge in [0.15, 0.2) is 0 Å². The molecule has 0 spiro atoms. The summed E-state index contributed by atoms with van der Waals surface area (Å²) in [5, 5.41) is 3.19. The van der Waals surface area contributed by atoms with Gasteiger partial charge in [0.25, 0.3) is 0 Å². The monoisotopic (exact) mass is 271 g/mol. The highest BCUT2D eigenvalue weighted by atomic mass is 35.5. The van der Waals surface area contributed by atoms with E-state index in [-0.39, 0.29) is 10.8 Å². The lowest BCUT2D eigenvalue weighted by molar-refractivity contribution is 0.326. The first kappa shape index (κ1) is 15.0. The molecule has 18 heavy (non-hydrogen) atoms. The average Bonchev–Trinajstić information content (AvgIpc) is 2.25. The van der Waals surface area contributed by atoms with E-state index in [1.54, 1.807) is 12.3 Å². The molecule has 1 heterocycles. The molecule has 1 atom stereocenters. The lowest BCUT2D eigenvalue weighted by atomic mass is 9.90. The first-order valence-electron chi connectivity index (χ1n) is 6.24. The number of hydrogen-bond acceptors (Lipinski definition) is 4. The fraction of sp³-hybridized carbons (Fsp3) is 0.692. The number of alkyl halides is 1. The number of aromatic nitrogens is 2. The third-order valence-electron chi connectivity index (χ3n) is 2.24. The van der Waals surface area contributed by atoms with Crippen LogP contribution in [0, 0.1) is 5.41 Å². The Labute approximate surface area is 114 Å². The number of hydrogen-bond donors (Lipinski definition) is 1. The molecule has 1 aromatic heterocycles. The Bertz CT molecular complexity index is 365. The van der Waals surface area contributed by atoms with Crippen molar-refractivity contribution in [3.05, 3.63) is 12.3 Å². The molecule has 0 aliphatic heterocycles. The van der Waals surface area contributed by atoms with Crippen LogP contribution in [0.3, 0.4) is 0 Å². The Morgan fingerprint density at radius 1 is 1.44 bits per heavy atom. The second kappa shape index (κ2) is 6.78. The van der Waals surface area contributed by atoms with Gasteiger partial charge < -0.3 is 10.1 Å². The summed E-state index contributed by atoms with van der Waals surface area (Å²) in [6, 6.07) is 1.74. The average molecular weight is 272 g/mol. The predicted octanol–water partition coefficient (Wildman–Crippen LogP) is 3.33. The molecule has 0 saturated carbocycles. The molecule has 4 nitrogen and oxygen atoms in total. The Kier molecular flexibility index (Phi) is 5.66. The van der Waals surface area contributed by atoms with Crippen molar-refractivity contribution in [2.45, 2.75) is 39.5 Å². The van der Waals surface area contributed by atoms with E-state index < -0.39 is 0 Å². The van der Waals surface area contributed by atoms with Gasteiger partial charge in [0.1, 0.15) is 0 Å². The Balaban J connectivity index is 2.45. The zero-order valence-electron chi connectivity index (χ0n) is 11.5. The van der Waals surface area contributed by atoms with E-state index in [9.17, 15) is 0 Å². The Morgan fingerprint density at radius 2 is 2.17 bits per heavy atom. The molecule has 102 valence electrons. The molecular formula is C13H22ClN3O. The standard InChI is InChI=1S/C13H22ClN3O/c1-5-18-11-6-7-15-12(17-11)16-9-10(14)8-13(2,3)4/h6-7,10H,5,8-9H2,1-4H3,(H,15,16,17). The van der Waals surface area contributed by atoms with Crippen molar-refractivity contribution in [3.63, 3.8) is 0 Å². The van der Waals surface area contributed by atoms with Crippen molar-refractivity contribution < 1.29 is 4.74 Å². The largest absolute Gasteiger partial charge is 0.478 e. The molecule has 0 aromatic carbocycles. The third-order valence-corrected chi connectivity index (χ3v) is 2.55. The van der Waals surface area contributed by atoms with Crippen molar-refractivity contribution >= 4 is 17.5 Å². The van der Waals surface area contributed by atoms with E-state index in [0.717, 1.165) is 6.42 Å². The molecule has 1 N–H and O–H groups in total. The van der Waals surface area contributed by atoms with Crippen molar-refractivity contribution in [2.75, 3.05) is 18.5 Å². The van der Waals surface area contributed by atoms with E-state index >= 15 is 0 Å². The van der Waals surface area contributed by atoms with Crippen LogP contribution in [-0.4, -0.2) is 28.5 Å². The first-order chi connectivity index (χ1) is 8.40. The minimum absolute atomic E-state index is 0.0596. The molecule has 5 heteroatoms. The Morgan fingerprint density at radius 3 is 2.78 bits per heavy atom. The molecule has 0 bridgehead atoms. The first-order valence-corrected chi connectivity index (χ1v) is 6.68. The summed E-state index contributed by atoms with van der Waals surface area (Å²) < 4.78 is 5.31. The molecule has 0 fully saturated rings. The lowest BCUT2D eigenvalue weighted by Crippen LogP contribution is -2.21. The number of nitrogens with zero attached hydrogens (tertiary/aromatic N) is 2. The van der Waals surface area contributed by atoms with Gasteiger partial charge in [0.2, 0.25) is 11.8 Å². The normalized spacial score (nSPS) is 13.2. The summed E-state index contributed by atoms with van der Waals surface area (Å²) >= 11 is 6.27. The third kappa shape index (κ3) is 6.05. The van der Waals surface area contributed by atoms with Crippen molar-refractivity contribution in [1.29, 1.82) is 0 Å². The number of rotatable bonds is 6. The molecule has 0 radical (unpaired) electrons. The quantitative estimate of drug-likeness (QED) is 0.806. The van der Waals surface area contributed by atoms with Gasteiger partial charge >= 0.3 is 0 Å². The van der Waals surface area contributed by atoms with E-state index in [4.69, 9.17) is 16.3 Å². The van der Waals surface area contributed by atoms with E-state index in [1.807, 2.05) is 6.92 Å². The van der Waals surface area contributed by atoms with Crippen LogP contribution in [0.1, 0.15) is 34.1 Å². The molecule has 1 aromatic rings. The maximum absolute atomic E-state index is 6.27. The van der Waals surface area contributed by atoms with Gasteiger partial charge in [-0.15, -0.1) is 11.6 Å². The van der Waals surface area contributed by atoms with Gasteiger partial charge in [-0.1, -0.05) is 20.8 Å². The molecule has 0 aliphatic rings. The maximum Gasteiger partial charge on any atom is 0.225 e. The molecule has 0 aliphatic carbocycles.